The second kappa shape index (κ2) is 10.2. The number of hydrogen-bond acceptors (Lipinski definition) is 7. The van der Waals surface area contributed by atoms with Gasteiger partial charge in [-0.2, -0.15) is 0 Å². The number of pyridine rings is 1. The lowest BCUT2D eigenvalue weighted by molar-refractivity contribution is 0.222. The van der Waals surface area contributed by atoms with Gasteiger partial charge in [-0.1, -0.05) is 18.1 Å². The van der Waals surface area contributed by atoms with Crippen LogP contribution in [0.4, 0.5) is 10.3 Å². The highest BCUT2D eigenvalue weighted by atomic mass is 19.1. The van der Waals surface area contributed by atoms with Crippen LogP contribution in [0.25, 0.3) is 11.3 Å². The Kier molecular flexibility index (Phi) is 6.89. The molecule has 1 aliphatic heterocycles. The molecule has 1 saturated heterocycles. The summed E-state index contributed by atoms with van der Waals surface area (Å²) >= 11 is 0. The van der Waals surface area contributed by atoms with Crippen LogP contribution in [-0.4, -0.2) is 46.1 Å². The van der Waals surface area contributed by atoms with Crippen molar-refractivity contribution in [3.63, 3.8) is 0 Å². The molecule has 0 radical (unpaired) electrons. The van der Waals surface area contributed by atoms with Gasteiger partial charge in [0.15, 0.2) is 0 Å². The van der Waals surface area contributed by atoms with Crippen LogP contribution in [0, 0.1) is 11.7 Å². The summed E-state index contributed by atoms with van der Waals surface area (Å²) in [5.74, 6) is 1.49. The number of halogens is 1. The average Bonchev–Trinajstić information content (AvgIpc) is 2.84. The molecule has 7 nitrogen and oxygen atoms in total. The average molecular weight is 436 g/mol. The summed E-state index contributed by atoms with van der Waals surface area (Å²) in [5.41, 5.74) is 2.52. The first kappa shape index (κ1) is 21.7. The van der Waals surface area contributed by atoms with Crippen LogP contribution < -0.4 is 9.64 Å². The molecule has 1 N–H and O–H groups in total. The highest BCUT2D eigenvalue weighted by Gasteiger charge is 2.21. The number of ether oxygens (including phenoxy) is 1. The molecule has 166 valence electrons. The molecule has 32 heavy (non-hydrogen) atoms. The minimum atomic E-state index is -0.427. The van der Waals surface area contributed by atoms with Crippen LogP contribution in [0.2, 0.25) is 0 Å². The highest BCUT2D eigenvalue weighted by Crippen LogP contribution is 2.25. The topological polar surface area (TPSA) is 83.7 Å². The number of aromatic nitrogens is 3. The van der Waals surface area contributed by atoms with E-state index < -0.39 is 5.82 Å². The van der Waals surface area contributed by atoms with Crippen LogP contribution >= 0.6 is 0 Å². The van der Waals surface area contributed by atoms with Crippen molar-refractivity contribution in [3.8, 4) is 17.0 Å². The van der Waals surface area contributed by atoms with Crippen molar-refractivity contribution in [2.45, 2.75) is 26.2 Å². The lowest BCUT2D eigenvalue weighted by atomic mass is 9.98. The molecule has 3 aromatic rings. The van der Waals surface area contributed by atoms with Gasteiger partial charge in [-0.25, -0.2) is 14.4 Å². The van der Waals surface area contributed by atoms with E-state index >= 15 is 0 Å². The Labute approximate surface area is 186 Å². The van der Waals surface area contributed by atoms with Crippen molar-refractivity contribution in [1.82, 2.24) is 15.0 Å². The van der Waals surface area contributed by atoms with Gasteiger partial charge in [0.05, 0.1) is 24.7 Å². The summed E-state index contributed by atoms with van der Waals surface area (Å²) < 4.78 is 20.3. The van der Waals surface area contributed by atoms with E-state index in [0.29, 0.717) is 35.1 Å². The van der Waals surface area contributed by atoms with Crippen molar-refractivity contribution in [3.05, 3.63) is 65.9 Å². The van der Waals surface area contributed by atoms with E-state index in [1.807, 2.05) is 18.5 Å². The molecule has 1 aromatic carbocycles. The molecular weight excluding hydrogens is 409 g/mol. The Hall–Kier alpha value is -3.55. The summed E-state index contributed by atoms with van der Waals surface area (Å²) in [6, 6.07) is 8.13. The predicted molar refractivity (Wildman–Crippen MR) is 121 cm³/mol. The van der Waals surface area contributed by atoms with E-state index in [1.54, 1.807) is 24.4 Å². The second-order valence-corrected chi connectivity index (χ2v) is 7.85. The zero-order valence-corrected chi connectivity index (χ0v) is 18.0. The van der Waals surface area contributed by atoms with E-state index in [4.69, 9.17) is 9.94 Å². The van der Waals surface area contributed by atoms with E-state index in [9.17, 15) is 4.39 Å². The Morgan fingerprint density at radius 2 is 1.91 bits per heavy atom. The molecule has 3 heterocycles. The van der Waals surface area contributed by atoms with Gasteiger partial charge < -0.3 is 14.8 Å². The second-order valence-electron chi connectivity index (χ2n) is 7.85. The molecule has 8 heteroatoms. The van der Waals surface area contributed by atoms with Gasteiger partial charge in [-0.3, -0.25) is 4.98 Å². The van der Waals surface area contributed by atoms with Crippen molar-refractivity contribution < 1.29 is 14.3 Å². The maximum absolute atomic E-state index is 14.3. The lowest BCUT2D eigenvalue weighted by Crippen LogP contribution is -2.36. The first-order valence-corrected chi connectivity index (χ1v) is 10.8. The van der Waals surface area contributed by atoms with E-state index in [1.165, 1.54) is 12.3 Å². The Bertz CT molecular complexity index is 1050. The number of anilines is 1. The molecule has 0 atom stereocenters. The van der Waals surface area contributed by atoms with E-state index in [0.717, 1.165) is 43.9 Å². The normalized spacial score (nSPS) is 14.8. The number of nitrogens with zero attached hydrogens (tertiary/aromatic N) is 5. The van der Waals surface area contributed by atoms with Crippen LogP contribution in [0.3, 0.4) is 0 Å². The summed E-state index contributed by atoms with van der Waals surface area (Å²) in [4.78, 5) is 15.5. The minimum absolute atomic E-state index is 0.383. The Morgan fingerprint density at radius 1 is 1.12 bits per heavy atom. The molecule has 0 saturated carbocycles. The highest BCUT2D eigenvalue weighted by molar-refractivity contribution is 5.80. The van der Waals surface area contributed by atoms with Gasteiger partial charge in [0, 0.05) is 31.0 Å². The van der Waals surface area contributed by atoms with Crippen molar-refractivity contribution in [2.24, 2.45) is 11.1 Å². The molecule has 0 unspecified atom stereocenters. The van der Waals surface area contributed by atoms with Gasteiger partial charge in [-0.15, -0.1) is 0 Å². The third-order valence-corrected chi connectivity index (χ3v) is 5.70. The van der Waals surface area contributed by atoms with Crippen molar-refractivity contribution in [1.29, 1.82) is 0 Å². The molecule has 0 spiro atoms. The fourth-order valence-corrected chi connectivity index (χ4v) is 3.72. The number of benzene rings is 1. The fourth-order valence-electron chi connectivity index (χ4n) is 3.72. The van der Waals surface area contributed by atoms with Gasteiger partial charge in [-0.05, 0) is 60.6 Å². The standard InChI is InChI=1S/C24H26FN5O2/c1-2-17-12-27-24(28-13-17)30-9-7-18(8-10-30)16-32-20-4-6-23(26-15-20)21-5-3-19(14-29-31)11-22(21)25/h3-6,11-15,18,31H,2,7-10,16H2,1H3/b29-14+. The zero-order chi connectivity index (χ0) is 22.3. The number of piperidine rings is 1. The minimum Gasteiger partial charge on any atom is -0.492 e. The summed E-state index contributed by atoms with van der Waals surface area (Å²) in [6.07, 6.45) is 9.57. The Morgan fingerprint density at radius 3 is 2.53 bits per heavy atom. The molecule has 0 aliphatic carbocycles. The first-order valence-electron chi connectivity index (χ1n) is 10.8. The van der Waals surface area contributed by atoms with Gasteiger partial charge >= 0.3 is 0 Å². The van der Waals surface area contributed by atoms with Crippen LogP contribution in [0.1, 0.15) is 30.9 Å². The van der Waals surface area contributed by atoms with Crippen LogP contribution in [-0.2, 0) is 6.42 Å². The maximum atomic E-state index is 14.3. The monoisotopic (exact) mass is 435 g/mol. The van der Waals surface area contributed by atoms with Crippen LogP contribution in [0.15, 0.2) is 54.1 Å². The molecule has 4 rings (SSSR count). The third kappa shape index (κ3) is 5.19. The number of hydrogen-bond donors (Lipinski definition) is 1. The zero-order valence-electron chi connectivity index (χ0n) is 18.0. The number of rotatable bonds is 7. The van der Waals surface area contributed by atoms with E-state index in [-0.39, 0.29) is 0 Å². The van der Waals surface area contributed by atoms with E-state index in [2.05, 4.69) is 31.9 Å². The van der Waals surface area contributed by atoms with Crippen LogP contribution in [0.5, 0.6) is 5.75 Å². The fraction of sp³-hybridized carbons (Fsp3) is 0.333. The SMILES string of the molecule is CCc1cnc(N2CCC(COc3ccc(-c4ccc(/C=N/O)cc4F)nc3)CC2)nc1. The first-order chi connectivity index (χ1) is 15.7. The van der Waals surface area contributed by atoms with Gasteiger partial charge in [0.2, 0.25) is 5.95 Å². The van der Waals surface area contributed by atoms with Gasteiger partial charge in [0.1, 0.15) is 11.6 Å². The number of aryl methyl sites for hydroxylation is 1. The summed E-state index contributed by atoms with van der Waals surface area (Å²) in [7, 11) is 0. The summed E-state index contributed by atoms with van der Waals surface area (Å²) in [5, 5.41) is 11.5. The molecule has 1 fully saturated rings. The molecular formula is C24H26FN5O2. The quantitative estimate of drug-likeness (QED) is 0.338. The third-order valence-electron chi connectivity index (χ3n) is 5.70. The maximum Gasteiger partial charge on any atom is 0.225 e. The van der Waals surface area contributed by atoms with Crippen molar-refractivity contribution >= 4 is 12.2 Å². The predicted octanol–water partition coefficient (Wildman–Crippen LogP) is 4.34. The molecule has 1 aliphatic rings. The molecule has 2 aromatic heterocycles. The smallest absolute Gasteiger partial charge is 0.225 e. The summed E-state index contributed by atoms with van der Waals surface area (Å²) in [6.45, 7) is 4.53. The number of oxime groups is 1. The lowest BCUT2D eigenvalue weighted by Gasteiger charge is -2.31. The molecule has 0 amide bonds. The molecule has 0 bridgehead atoms. The van der Waals surface area contributed by atoms with Gasteiger partial charge in [0.25, 0.3) is 0 Å². The van der Waals surface area contributed by atoms with Crippen molar-refractivity contribution in [2.75, 3.05) is 24.6 Å². The Balaban J connectivity index is 1.28. The largest absolute Gasteiger partial charge is 0.492 e.